The van der Waals surface area contributed by atoms with Crippen LogP contribution in [-0.2, 0) is 0 Å². The zero-order valence-corrected chi connectivity index (χ0v) is 9.63. The van der Waals surface area contributed by atoms with E-state index < -0.39 is 0 Å². The zero-order chi connectivity index (χ0) is 9.84. The Kier molecular flexibility index (Phi) is 3.60. The molecule has 0 bridgehead atoms. The lowest BCUT2D eigenvalue weighted by atomic mass is 10.2. The summed E-state index contributed by atoms with van der Waals surface area (Å²) in [7, 11) is 0. The summed E-state index contributed by atoms with van der Waals surface area (Å²) in [5.74, 6) is 0. The second-order valence-corrected chi connectivity index (χ2v) is 3.74. The quantitative estimate of drug-likeness (QED) is 0.827. The first-order valence-electron chi connectivity index (χ1n) is 4.49. The maximum atomic E-state index is 5.66. The van der Waals surface area contributed by atoms with Crippen LogP contribution in [0.2, 0.25) is 0 Å². The molecule has 1 rings (SSSR count). The maximum absolute atomic E-state index is 5.66. The van der Waals surface area contributed by atoms with E-state index >= 15 is 0 Å². The highest BCUT2D eigenvalue weighted by molar-refractivity contribution is 9.10. The summed E-state index contributed by atoms with van der Waals surface area (Å²) in [4.78, 5) is 2.28. The average Bonchev–Trinajstić information content (AvgIpc) is 2.10. The number of halogens is 1. The van der Waals surface area contributed by atoms with E-state index in [4.69, 9.17) is 5.73 Å². The molecule has 2 N–H and O–H groups in total. The van der Waals surface area contributed by atoms with Crippen molar-refractivity contribution in [1.29, 1.82) is 0 Å². The first-order valence-corrected chi connectivity index (χ1v) is 5.28. The summed E-state index contributed by atoms with van der Waals surface area (Å²) >= 11 is 3.51. The lowest BCUT2D eigenvalue weighted by Gasteiger charge is -2.22. The summed E-state index contributed by atoms with van der Waals surface area (Å²) < 4.78 is 1.07. The van der Waals surface area contributed by atoms with Crippen molar-refractivity contribution in [2.24, 2.45) is 0 Å². The molecule has 2 nitrogen and oxygen atoms in total. The minimum atomic E-state index is 0.794. The summed E-state index contributed by atoms with van der Waals surface area (Å²) in [6.45, 7) is 6.32. The fourth-order valence-electron chi connectivity index (χ4n) is 1.34. The summed E-state index contributed by atoms with van der Waals surface area (Å²) in [5.41, 5.74) is 7.66. The van der Waals surface area contributed by atoms with E-state index in [1.54, 1.807) is 0 Å². The normalized spacial score (nSPS) is 10.1. The Labute approximate surface area is 87.9 Å². The molecule has 0 saturated heterocycles. The van der Waals surface area contributed by atoms with E-state index in [9.17, 15) is 0 Å². The third-order valence-electron chi connectivity index (χ3n) is 2.08. The van der Waals surface area contributed by atoms with E-state index in [0.717, 1.165) is 23.2 Å². The molecule has 72 valence electrons. The van der Waals surface area contributed by atoms with Crippen molar-refractivity contribution in [3.63, 3.8) is 0 Å². The minimum Gasteiger partial charge on any atom is -0.399 e. The number of nitrogens with two attached hydrogens (primary N) is 1. The van der Waals surface area contributed by atoms with E-state index in [0.29, 0.717) is 0 Å². The van der Waals surface area contributed by atoms with Gasteiger partial charge in [0.15, 0.2) is 0 Å². The molecule has 0 fully saturated rings. The number of hydrogen-bond acceptors (Lipinski definition) is 2. The molecule has 0 unspecified atom stereocenters. The fraction of sp³-hybridized carbons (Fsp3) is 0.400. The Bertz CT molecular complexity index is 282. The fourth-order valence-corrected chi connectivity index (χ4v) is 1.99. The molecule has 0 aliphatic carbocycles. The highest BCUT2D eigenvalue weighted by Crippen LogP contribution is 2.27. The Hall–Kier alpha value is -0.700. The van der Waals surface area contributed by atoms with Crippen LogP contribution in [-0.4, -0.2) is 13.1 Å². The molecule has 0 atom stereocenters. The predicted octanol–water partition coefficient (Wildman–Crippen LogP) is 2.88. The molecule has 1 aromatic carbocycles. The summed E-state index contributed by atoms with van der Waals surface area (Å²) in [5, 5.41) is 0. The number of hydrogen-bond donors (Lipinski definition) is 1. The van der Waals surface area contributed by atoms with Gasteiger partial charge in [0.25, 0.3) is 0 Å². The number of nitrogen functional groups attached to an aromatic ring is 1. The molecule has 13 heavy (non-hydrogen) atoms. The smallest absolute Gasteiger partial charge is 0.0511 e. The Morgan fingerprint density at radius 1 is 1.31 bits per heavy atom. The van der Waals surface area contributed by atoms with Gasteiger partial charge < -0.3 is 10.6 Å². The lowest BCUT2D eigenvalue weighted by Crippen LogP contribution is -2.22. The maximum Gasteiger partial charge on any atom is 0.0511 e. The third kappa shape index (κ3) is 2.37. The van der Waals surface area contributed by atoms with E-state index in [1.807, 2.05) is 18.2 Å². The predicted molar refractivity (Wildman–Crippen MR) is 62.1 cm³/mol. The minimum absolute atomic E-state index is 0.794. The van der Waals surface area contributed by atoms with Gasteiger partial charge in [-0.15, -0.1) is 0 Å². The molecular formula is C10H15BrN2. The van der Waals surface area contributed by atoms with Gasteiger partial charge in [-0.2, -0.15) is 0 Å². The Morgan fingerprint density at radius 2 is 1.92 bits per heavy atom. The van der Waals surface area contributed by atoms with Gasteiger partial charge in [-0.25, -0.2) is 0 Å². The van der Waals surface area contributed by atoms with E-state index in [-0.39, 0.29) is 0 Å². The van der Waals surface area contributed by atoms with Crippen LogP contribution in [0.3, 0.4) is 0 Å². The van der Waals surface area contributed by atoms with E-state index in [2.05, 4.69) is 34.7 Å². The van der Waals surface area contributed by atoms with Crippen LogP contribution in [0, 0.1) is 0 Å². The Balaban J connectivity index is 2.99. The van der Waals surface area contributed by atoms with Gasteiger partial charge >= 0.3 is 0 Å². The molecule has 0 saturated carbocycles. The molecule has 0 radical (unpaired) electrons. The second kappa shape index (κ2) is 4.51. The molecule has 0 spiro atoms. The highest BCUT2D eigenvalue weighted by atomic mass is 79.9. The second-order valence-electron chi connectivity index (χ2n) is 2.88. The van der Waals surface area contributed by atoms with Crippen LogP contribution in [0.1, 0.15) is 13.8 Å². The van der Waals surface area contributed by atoms with Crippen LogP contribution in [0.5, 0.6) is 0 Å². The van der Waals surface area contributed by atoms with Crippen molar-refractivity contribution in [2.75, 3.05) is 23.7 Å². The van der Waals surface area contributed by atoms with Crippen LogP contribution in [0.25, 0.3) is 0 Å². The first-order chi connectivity index (χ1) is 6.19. The lowest BCUT2D eigenvalue weighted by molar-refractivity contribution is 0.864. The van der Waals surface area contributed by atoms with Crippen molar-refractivity contribution in [2.45, 2.75) is 13.8 Å². The standard InChI is InChI=1S/C10H15BrN2/c1-3-13(4-2)10-6-5-8(12)7-9(10)11/h5-7H,3-4,12H2,1-2H3. The van der Waals surface area contributed by atoms with Gasteiger partial charge in [-0.1, -0.05) is 0 Å². The summed E-state index contributed by atoms with van der Waals surface area (Å²) in [6, 6.07) is 5.92. The van der Waals surface area contributed by atoms with Crippen molar-refractivity contribution in [3.05, 3.63) is 22.7 Å². The van der Waals surface area contributed by atoms with Crippen molar-refractivity contribution < 1.29 is 0 Å². The van der Waals surface area contributed by atoms with E-state index in [1.165, 1.54) is 5.69 Å². The molecule has 0 aromatic heterocycles. The Morgan fingerprint density at radius 3 is 2.38 bits per heavy atom. The number of nitrogens with zero attached hydrogens (tertiary/aromatic N) is 1. The zero-order valence-electron chi connectivity index (χ0n) is 8.05. The molecule has 0 amide bonds. The van der Waals surface area contributed by atoms with Gasteiger partial charge in [0.2, 0.25) is 0 Å². The number of anilines is 2. The third-order valence-corrected chi connectivity index (χ3v) is 2.71. The van der Waals surface area contributed by atoms with Crippen LogP contribution >= 0.6 is 15.9 Å². The molecule has 0 heterocycles. The largest absolute Gasteiger partial charge is 0.399 e. The van der Waals surface area contributed by atoms with Crippen LogP contribution in [0.15, 0.2) is 22.7 Å². The highest BCUT2D eigenvalue weighted by Gasteiger charge is 2.05. The van der Waals surface area contributed by atoms with Crippen molar-refractivity contribution in [1.82, 2.24) is 0 Å². The number of rotatable bonds is 3. The molecule has 1 aromatic rings. The molecule has 3 heteroatoms. The molecule has 0 aliphatic rings. The average molecular weight is 243 g/mol. The molecule has 0 aliphatic heterocycles. The van der Waals surface area contributed by atoms with Crippen LogP contribution < -0.4 is 10.6 Å². The van der Waals surface area contributed by atoms with Gasteiger partial charge in [0.05, 0.1) is 5.69 Å². The van der Waals surface area contributed by atoms with Crippen LogP contribution in [0.4, 0.5) is 11.4 Å². The summed E-state index contributed by atoms with van der Waals surface area (Å²) in [6.07, 6.45) is 0. The topological polar surface area (TPSA) is 29.3 Å². The van der Waals surface area contributed by atoms with Gasteiger partial charge in [0, 0.05) is 23.2 Å². The SMILES string of the molecule is CCN(CC)c1ccc(N)cc1Br. The van der Waals surface area contributed by atoms with Gasteiger partial charge in [-0.3, -0.25) is 0 Å². The van der Waals surface area contributed by atoms with Crippen molar-refractivity contribution >= 4 is 27.3 Å². The first kappa shape index (κ1) is 10.4. The van der Waals surface area contributed by atoms with Gasteiger partial charge in [-0.05, 0) is 48.0 Å². The van der Waals surface area contributed by atoms with Crippen molar-refractivity contribution in [3.8, 4) is 0 Å². The monoisotopic (exact) mass is 242 g/mol. The van der Waals surface area contributed by atoms with Gasteiger partial charge in [0.1, 0.15) is 0 Å². The number of benzene rings is 1. The molecular weight excluding hydrogens is 228 g/mol.